The molecule has 3 heterocycles. The Labute approximate surface area is 275 Å². The summed E-state index contributed by atoms with van der Waals surface area (Å²) in [7, 11) is 10.8. The smallest absolute Gasteiger partial charge is 0.0964 e. The number of benzene rings is 3. The maximum absolute atomic E-state index is 5.38. The molecular weight excluding hydrogens is 676 g/mol. The van der Waals surface area contributed by atoms with Crippen LogP contribution in [0.1, 0.15) is 40.3 Å². The second-order valence-electron chi connectivity index (χ2n) is 11.0. The molecule has 0 saturated carbocycles. The van der Waals surface area contributed by atoms with Gasteiger partial charge in [0.15, 0.2) is 0 Å². The minimum atomic E-state index is -1.63. The maximum Gasteiger partial charge on any atom is 0.0964 e. The van der Waals surface area contributed by atoms with E-state index in [1.165, 1.54) is 49.6 Å². The predicted molar refractivity (Wildman–Crippen MR) is 187 cm³/mol. The van der Waals surface area contributed by atoms with E-state index in [-0.39, 0.29) is 0 Å². The first-order valence-electron chi connectivity index (χ1n) is 14.6. The number of aryl methyl sites for hydroxylation is 6. The Morgan fingerprint density at radius 3 is 1.48 bits per heavy atom. The van der Waals surface area contributed by atoms with Gasteiger partial charge in [-0.3, -0.25) is 9.97 Å². The summed E-state index contributed by atoms with van der Waals surface area (Å²) in [4.78, 5) is 15.0. The van der Waals surface area contributed by atoms with E-state index in [4.69, 9.17) is 24.1 Å². The van der Waals surface area contributed by atoms with Crippen molar-refractivity contribution < 1.29 is 18.3 Å². The molecule has 1 aliphatic rings. The fraction of sp³-hybridized carbons (Fsp3) is 0.278. The van der Waals surface area contributed by atoms with Crippen molar-refractivity contribution in [2.45, 2.75) is 48.5 Å². The van der Waals surface area contributed by atoms with E-state index in [0.29, 0.717) is 6.61 Å². The first-order valence-corrected chi connectivity index (χ1v) is 20.1. The molecule has 44 heavy (non-hydrogen) atoms. The Bertz CT molecular complexity index is 1610. The third-order valence-corrected chi connectivity index (χ3v) is 8.68. The van der Waals surface area contributed by atoms with Gasteiger partial charge in [0.2, 0.25) is 0 Å². The molecule has 1 aliphatic heterocycles. The van der Waals surface area contributed by atoms with Crippen molar-refractivity contribution in [3.05, 3.63) is 113 Å². The quantitative estimate of drug-likeness (QED) is 0.105. The van der Waals surface area contributed by atoms with Crippen LogP contribution in [-0.2, 0) is 18.3 Å². The van der Waals surface area contributed by atoms with Crippen LogP contribution >= 0.6 is 19.4 Å². The van der Waals surface area contributed by atoms with E-state index in [9.17, 15) is 0 Å². The van der Waals surface area contributed by atoms with Crippen LogP contribution < -0.4 is 9.80 Å². The van der Waals surface area contributed by atoms with Crippen LogP contribution in [0.15, 0.2) is 73.1 Å². The van der Waals surface area contributed by atoms with Crippen LogP contribution in [-0.4, -0.2) is 34.5 Å². The number of hydrogen-bond donors (Lipinski definition) is 0. The Morgan fingerprint density at radius 2 is 1.14 bits per heavy atom. The van der Waals surface area contributed by atoms with E-state index in [0.717, 1.165) is 34.9 Å². The molecule has 0 atom stereocenters. The number of nitrogens with zero attached hydrogens (tertiary/aromatic N) is 4. The predicted octanol–water partition coefficient (Wildman–Crippen LogP) is 9.47. The molecule has 0 spiro atoms. The number of ether oxygens (including phenoxy) is 1. The van der Waals surface area contributed by atoms with Crippen molar-refractivity contribution in [3.8, 4) is 0 Å². The minimum absolute atomic E-state index is 0.657. The zero-order valence-electron chi connectivity index (χ0n) is 26.5. The number of halogens is 2. The van der Waals surface area contributed by atoms with E-state index in [2.05, 4.69) is 117 Å². The molecule has 0 N–H and O–H groups in total. The van der Waals surface area contributed by atoms with E-state index < -0.39 is 13.5 Å². The number of pyridine rings is 2. The molecule has 0 amide bonds. The summed E-state index contributed by atoms with van der Waals surface area (Å²) in [6.45, 7) is 20.1. The largest absolute Gasteiger partial charge is 0.502 e. The number of hydrogen-bond acceptors (Lipinski definition) is 5. The van der Waals surface area contributed by atoms with Gasteiger partial charge in [0, 0.05) is 47.6 Å². The molecule has 2 aromatic heterocycles. The van der Waals surface area contributed by atoms with Gasteiger partial charge < -0.3 is 9.80 Å². The second kappa shape index (κ2) is 15.9. The minimum Gasteiger partial charge on any atom is -0.502 e. The third-order valence-electron chi connectivity index (χ3n) is 7.34. The number of anilines is 2. The van der Waals surface area contributed by atoms with Gasteiger partial charge in [0.1, 0.15) is 0 Å². The molecule has 8 heteroatoms. The molecule has 234 valence electrons. The summed E-state index contributed by atoms with van der Waals surface area (Å²) in [6, 6.07) is 21.3. The molecule has 6 rings (SSSR count). The summed E-state index contributed by atoms with van der Waals surface area (Å²) in [6.07, 6.45) is 3.60. The zero-order chi connectivity index (χ0) is 31.8. The van der Waals surface area contributed by atoms with Crippen molar-refractivity contribution >= 4 is 57.4 Å². The Hall–Kier alpha value is -2.89. The molecule has 1 saturated heterocycles. The van der Waals surface area contributed by atoms with Crippen molar-refractivity contribution in [2.24, 2.45) is 0 Å². The van der Waals surface area contributed by atoms with Gasteiger partial charge in [-0.2, -0.15) is 6.67 Å². The maximum atomic E-state index is 5.38. The molecule has 5 aromatic rings. The van der Waals surface area contributed by atoms with E-state index in [1.807, 2.05) is 19.1 Å². The topological polar surface area (TPSA) is 41.5 Å². The normalized spacial score (nSPS) is 12.9. The summed E-state index contributed by atoms with van der Waals surface area (Å²) in [5.41, 5.74) is 12.8. The first kappa shape index (κ1) is 34.0. The summed E-state index contributed by atoms with van der Waals surface area (Å²) in [5, 5.41) is 2.28. The van der Waals surface area contributed by atoms with Gasteiger partial charge in [-0.15, -0.1) is 0 Å². The van der Waals surface area contributed by atoms with Gasteiger partial charge in [-0.25, -0.2) is 0 Å². The summed E-state index contributed by atoms with van der Waals surface area (Å²) in [5.74, 6) is 0. The van der Waals surface area contributed by atoms with Crippen LogP contribution in [0.5, 0.6) is 0 Å². The van der Waals surface area contributed by atoms with E-state index >= 15 is 0 Å². The van der Waals surface area contributed by atoms with Gasteiger partial charge in [-0.05, 0) is 75.9 Å². The molecule has 0 unspecified atom stereocenters. The fourth-order valence-electron chi connectivity index (χ4n) is 5.87. The van der Waals surface area contributed by atoms with Gasteiger partial charge in [0.25, 0.3) is 0 Å². The average Bonchev–Trinajstić information content (AvgIpc) is 3.44. The molecule has 0 bridgehead atoms. The fourth-order valence-corrected chi connectivity index (χ4v) is 6.91. The third kappa shape index (κ3) is 8.64. The Morgan fingerprint density at radius 1 is 0.727 bits per heavy atom. The molecule has 3 aromatic carbocycles. The van der Waals surface area contributed by atoms with Crippen LogP contribution in [0.2, 0.25) is 0 Å². The zero-order valence-corrected chi connectivity index (χ0v) is 29.8. The monoisotopic (exact) mass is 717 g/mol. The van der Waals surface area contributed by atoms with Crippen LogP contribution in [0.25, 0.3) is 21.8 Å². The Balaban J connectivity index is 0.000000177. The van der Waals surface area contributed by atoms with Gasteiger partial charge in [0.05, 0.1) is 11.0 Å². The number of fused-ring (bicyclic) bond motifs is 3. The number of rotatable bonds is 4. The van der Waals surface area contributed by atoms with Crippen molar-refractivity contribution in [2.75, 3.05) is 29.5 Å². The summed E-state index contributed by atoms with van der Waals surface area (Å²) < 4.78 is 4.77. The van der Waals surface area contributed by atoms with Crippen molar-refractivity contribution in [3.63, 3.8) is 0 Å². The molecule has 1 fully saturated rings. The average molecular weight is 718 g/mol. The van der Waals surface area contributed by atoms with Crippen molar-refractivity contribution in [1.29, 1.82) is 0 Å². The van der Waals surface area contributed by atoms with Gasteiger partial charge >= 0.3 is 56.0 Å². The molecular formula is C36H41Cl2N4ORu-. The first-order chi connectivity index (χ1) is 21.1. The molecule has 0 radical (unpaired) electrons. The summed E-state index contributed by atoms with van der Waals surface area (Å²) >= 11 is -1.63. The van der Waals surface area contributed by atoms with Crippen LogP contribution in [0.3, 0.4) is 0 Å². The second-order valence-corrected chi connectivity index (χ2v) is 16.6. The van der Waals surface area contributed by atoms with Crippen LogP contribution in [0, 0.1) is 48.2 Å². The van der Waals surface area contributed by atoms with Crippen molar-refractivity contribution in [1.82, 2.24) is 9.97 Å². The Kier molecular flexibility index (Phi) is 12.3. The van der Waals surface area contributed by atoms with Gasteiger partial charge in [-0.1, -0.05) is 59.7 Å². The SMILES string of the molecule is CCO[CH]=[Ru]([Cl])[Cl].Cc1cc(C)c(N2[CH-]N(c3c(C)cc(C)cc3C)CC2)c(C)c1.c1cnc2c(c1)ccc1cccnc12. The standard InChI is InChI=1S/C21H27N2.C12H8N2.C3H6O.2ClH.Ru/c1-14-9-16(3)20(17(4)10-14)22-7-8-23(13-22)21-18(5)11-15(2)12-19(21)6;1-3-9-5-6-10-4-2-8-14-12(10)11(9)13-7-1;1-3-4-2;;;/h9-13H,7-8H2,1-6H3;1-8H;2H,3H2,1H3;2*1H;/q-1;;;;;+2/p-2. The van der Waals surface area contributed by atoms with Crippen LogP contribution in [0.4, 0.5) is 11.4 Å². The molecule has 0 aliphatic carbocycles. The molecule has 5 nitrogen and oxygen atoms in total. The van der Waals surface area contributed by atoms with E-state index in [1.54, 1.807) is 12.4 Å². The number of aromatic nitrogens is 2.